The maximum absolute atomic E-state index is 8.86. The van der Waals surface area contributed by atoms with E-state index in [9.17, 15) is 0 Å². The van der Waals surface area contributed by atoms with E-state index >= 15 is 0 Å². The first-order chi connectivity index (χ1) is 12.1. The molecule has 0 atom stereocenters. The lowest BCUT2D eigenvalue weighted by molar-refractivity contribution is 0.848. The van der Waals surface area contributed by atoms with Gasteiger partial charge in [-0.25, -0.2) is 4.68 Å². The number of hydrogen-bond donors (Lipinski definition) is 0. The molecule has 7 heteroatoms. The fourth-order valence-corrected chi connectivity index (χ4v) is 3.51. The van der Waals surface area contributed by atoms with E-state index in [0.29, 0.717) is 15.6 Å². The highest BCUT2D eigenvalue weighted by atomic mass is 35.5. The van der Waals surface area contributed by atoms with E-state index < -0.39 is 0 Å². The zero-order chi connectivity index (χ0) is 17.8. The monoisotopic (exact) mass is 386 g/mol. The van der Waals surface area contributed by atoms with Crippen LogP contribution in [0, 0.1) is 11.3 Å². The Balaban J connectivity index is 2.05. The van der Waals surface area contributed by atoms with Crippen LogP contribution in [0.15, 0.2) is 57.9 Å². The lowest BCUT2D eigenvalue weighted by Crippen LogP contribution is -2.11. The number of thiazole rings is 1. The first kappa shape index (κ1) is 17.4. The van der Waals surface area contributed by atoms with Gasteiger partial charge in [-0.05, 0) is 35.9 Å². The molecule has 0 bridgehead atoms. The van der Waals surface area contributed by atoms with Gasteiger partial charge in [0.25, 0.3) is 0 Å². The minimum atomic E-state index is 0.551. The second kappa shape index (κ2) is 7.66. The van der Waals surface area contributed by atoms with Crippen LogP contribution < -0.4 is 4.80 Å². The molecule has 4 nitrogen and oxygen atoms in total. The molecule has 1 aromatic heterocycles. The molecule has 0 spiro atoms. The molecule has 3 rings (SSSR count). The summed E-state index contributed by atoms with van der Waals surface area (Å²) in [6.07, 6.45) is 1.72. The first-order valence-corrected chi connectivity index (χ1v) is 8.89. The molecule has 0 amide bonds. The number of hydrogen-bond acceptors (Lipinski definition) is 4. The Labute approximate surface area is 158 Å². The molecule has 3 aromatic rings. The molecule has 0 fully saturated rings. The van der Waals surface area contributed by atoms with Gasteiger partial charge in [-0.3, -0.25) is 4.99 Å². The van der Waals surface area contributed by atoms with Crippen molar-refractivity contribution in [3.05, 3.63) is 73.8 Å². The summed E-state index contributed by atoms with van der Waals surface area (Å²) in [7, 11) is 1.72. The third kappa shape index (κ3) is 3.83. The Morgan fingerprint density at radius 3 is 2.56 bits per heavy atom. The van der Waals surface area contributed by atoms with Gasteiger partial charge in [0.2, 0.25) is 4.80 Å². The van der Waals surface area contributed by atoms with E-state index in [2.05, 4.69) is 16.2 Å². The van der Waals surface area contributed by atoms with E-state index in [0.717, 1.165) is 21.6 Å². The van der Waals surface area contributed by atoms with Gasteiger partial charge in [-0.2, -0.15) is 10.4 Å². The Hall–Kier alpha value is -2.39. The van der Waals surface area contributed by atoms with Crippen molar-refractivity contribution in [1.82, 2.24) is 4.68 Å². The maximum Gasteiger partial charge on any atom is 0.205 e. The third-order valence-corrected chi connectivity index (χ3v) is 4.90. The Bertz CT molecular complexity index is 1040. The summed E-state index contributed by atoms with van der Waals surface area (Å²) in [4.78, 5) is 5.00. The largest absolute Gasteiger partial charge is 0.261 e. The molecule has 0 N–H and O–H groups in total. The van der Waals surface area contributed by atoms with Crippen molar-refractivity contribution < 1.29 is 0 Å². The number of rotatable bonds is 3. The van der Waals surface area contributed by atoms with Crippen LogP contribution in [0.2, 0.25) is 10.0 Å². The second-order valence-electron chi connectivity index (χ2n) is 5.04. The highest BCUT2D eigenvalue weighted by molar-refractivity contribution is 7.07. The van der Waals surface area contributed by atoms with Crippen molar-refractivity contribution in [2.45, 2.75) is 0 Å². The van der Waals surface area contributed by atoms with E-state index in [1.54, 1.807) is 42.2 Å². The number of aromatic nitrogens is 1. The number of benzene rings is 2. The van der Waals surface area contributed by atoms with Gasteiger partial charge >= 0.3 is 0 Å². The second-order valence-corrected chi connectivity index (χ2v) is 6.72. The van der Waals surface area contributed by atoms with Crippen molar-refractivity contribution in [3.8, 4) is 17.3 Å². The average molecular weight is 387 g/mol. The van der Waals surface area contributed by atoms with E-state index in [1.807, 2.05) is 23.6 Å². The number of nitriles is 1. The zero-order valence-electron chi connectivity index (χ0n) is 13.1. The smallest absolute Gasteiger partial charge is 0.205 e. The van der Waals surface area contributed by atoms with Gasteiger partial charge in [0.15, 0.2) is 0 Å². The lowest BCUT2D eigenvalue weighted by Gasteiger charge is -2.06. The molecular formula is C18H12Cl2N4S. The van der Waals surface area contributed by atoms with Crippen LogP contribution in [0.5, 0.6) is 0 Å². The standard InChI is InChI=1S/C18H12Cl2N4S/c1-22-18-24(23-10-13-4-2-12(9-21)3-5-13)17(11-25-18)15-7-6-14(19)8-16(15)20/h2-8,10-11H,1H3. The SMILES string of the molecule is CN=c1scc(-c2ccc(Cl)cc2Cl)n1N=Cc1ccc(C#N)cc1. The van der Waals surface area contributed by atoms with Crippen LogP contribution in [0.4, 0.5) is 0 Å². The fraction of sp³-hybridized carbons (Fsp3) is 0.0556. The summed E-state index contributed by atoms with van der Waals surface area (Å²) >= 11 is 13.8. The predicted molar refractivity (Wildman–Crippen MR) is 103 cm³/mol. The van der Waals surface area contributed by atoms with Gasteiger partial charge in [0.05, 0.1) is 28.6 Å². The lowest BCUT2D eigenvalue weighted by atomic mass is 10.2. The summed E-state index contributed by atoms with van der Waals surface area (Å²) in [5, 5.41) is 16.5. The molecule has 0 saturated heterocycles. The minimum Gasteiger partial charge on any atom is -0.261 e. The van der Waals surface area contributed by atoms with Crippen molar-refractivity contribution in [1.29, 1.82) is 5.26 Å². The van der Waals surface area contributed by atoms with E-state index in [-0.39, 0.29) is 0 Å². The maximum atomic E-state index is 8.86. The summed E-state index contributed by atoms with van der Waals surface area (Å²) < 4.78 is 1.73. The van der Waals surface area contributed by atoms with Gasteiger partial charge in [0, 0.05) is 23.0 Å². The first-order valence-electron chi connectivity index (χ1n) is 7.25. The molecule has 0 unspecified atom stereocenters. The average Bonchev–Trinajstić information content (AvgIpc) is 3.03. The normalized spacial score (nSPS) is 11.8. The quantitative estimate of drug-likeness (QED) is 0.595. The summed E-state index contributed by atoms with van der Waals surface area (Å²) in [5.41, 5.74) is 3.15. The zero-order valence-corrected chi connectivity index (χ0v) is 15.5. The van der Waals surface area contributed by atoms with Crippen molar-refractivity contribution in [3.63, 3.8) is 0 Å². The van der Waals surface area contributed by atoms with Crippen LogP contribution in [0.1, 0.15) is 11.1 Å². The predicted octanol–water partition coefficient (Wildman–Crippen LogP) is 4.81. The molecule has 2 aromatic carbocycles. The van der Waals surface area contributed by atoms with Crippen molar-refractivity contribution in [2.24, 2.45) is 10.1 Å². The van der Waals surface area contributed by atoms with Crippen molar-refractivity contribution in [2.75, 3.05) is 7.05 Å². The summed E-state index contributed by atoms with van der Waals surface area (Å²) in [6.45, 7) is 0. The molecule has 0 saturated carbocycles. The molecule has 0 radical (unpaired) electrons. The van der Waals surface area contributed by atoms with Crippen LogP contribution >= 0.6 is 34.5 Å². The van der Waals surface area contributed by atoms with Crippen LogP contribution in [-0.2, 0) is 0 Å². The fourth-order valence-electron chi connectivity index (χ4n) is 2.21. The molecule has 0 aliphatic carbocycles. The molecule has 25 heavy (non-hydrogen) atoms. The van der Waals surface area contributed by atoms with Gasteiger partial charge in [-0.15, -0.1) is 11.3 Å². The Kier molecular flexibility index (Phi) is 5.34. The molecule has 0 aliphatic rings. The number of nitrogens with zero attached hydrogens (tertiary/aromatic N) is 4. The van der Waals surface area contributed by atoms with Crippen LogP contribution in [0.3, 0.4) is 0 Å². The molecular weight excluding hydrogens is 375 g/mol. The molecule has 0 aliphatic heterocycles. The van der Waals surface area contributed by atoms with Gasteiger partial charge in [0.1, 0.15) is 0 Å². The van der Waals surface area contributed by atoms with Gasteiger partial charge in [-0.1, -0.05) is 35.3 Å². The van der Waals surface area contributed by atoms with E-state index in [4.69, 9.17) is 28.5 Å². The summed E-state index contributed by atoms with van der Waals surface area (Å²) in [6, 6.07) is 14.6. The highest BCUT2D eigenvalue weighted by Gasteiger charge is 2.11. The minimum absolute atomic E-state index is 0.551. The Morgan fingerprint density at radius 1 is 1.16 bits per heavy atom. The summed E-state index contributed by atoms with van der Waals surface area (Å²) in [5.74, 6) is 0. The van der Waals surface area contributed by atoms with Crippen LogP contribution in [0.25, 0.3) is 11.3 Å². The topological polar surface area (TPSA) is 53.4 Å². The number of halogens is 2. The van der Waals surface area contributed by atoms with Crippen LogP contribution in [-0.4, -0.2) is 17.9 Å². The van der Waals surface area contributed by atoms with E-state index in [1.165, 1.54) is 11.3 Å². The van der Waals surface area contributed by atoms with Crippen molar-refractivity contribution >= 4 is 40.8 Å². The molecule has 124 valence electrons. The Morgan fingerprint density at radius 2 is 1.92 bits per heavy atom. The highest BCUT2D eigenvalue weighted by Crippen LogP contribution is 2.30. The third-order valence-electron chi connectivity index (χ3n) is 3.45. The van der Waals surface area contributed by atoms with Gasteiger partial charge < -0.3 is 0 Å². The molecule has 1 heterocycles.